The fourth-order valence-corrected chi connectivity index (χ4v) is 3.02. The Morgan fingerprint density at radius 1 is 1.04 bits per heavy atom. The van der Waals surface area contributed by atoms with E-state index >= 15 is 0 Å². The molecular formula is C21H26FN3O2. The van der Waals surface area contributed by atoms with Gasteiger partial charge in [-0.15, -0.1) is 0 Å². The van der Waals surface area contributed by atoms with E-state index in [-0.39, 0.29) is 11.7 Å². The van der Waals surface area contributed by atoms with Crippen LogP contribution in [0.15, 0.2) is 48.5 Å². The highest BCUT2D eigenvalue weighted by molar-refractivity contribution is 5.90. The Hall–Kier alpha value is -2.28. The first-order valence-electron chi connectivity index (χ1n) is 9.33. The number of benzene rings is 2. The standard InChI is InChI=1S/C21H26FN3O2/c22-19-6-4-17(5-7-19)15-23-16-18-2-1-3-20(14-18)24-21(26)8-9-25-10-12-27-13-11-25/h1-7,14,23H,8-13,15-16H2,(H,24,26). The second-order valence-electron chi connectivity index (χ2n) is 6.68. The highest BCUT2D eigenvalue weighted by atomic mass is 19.1. The second-order valence-corrected chi connectivity index (χ2v) is 6.68. The minimum absolute atomic E-state index is 0.0258. The van der Waals surface area contributed by atoms with E-state index in [1.165, 1.54) is 12.1 Å². The average Bonchev–Trinajstić information content (AvgIpc) is 2.69. The van der Waals surface area contributed by atoms with Crippen LogP contribution in [-0.4, -0.2) is 43.7 Å². The predicted octanol–water partition coefficient (Wildman–Crippen LogP) is 2.78. The number of hydrogen-bond donors (Lipinski definition) is 2. The van der Waals surface area contributed by atoms with Crippen molar-refractivity contribution < 1.29 is 13.9 Å². The molecule has 3 rings (SSSR count). The Bertz CT molecular complexity index is 730. The lowest BCUT2D eigenvalue weighted by Crippen LogP contribution is -2.38. The number of hydrogen-bond acceptors (Lipinski definition) is 4. The SMILES string of the molecule is O=C(CCN1CCOCC1)Nc1cccc(CNCc2ccc(F)cc2)c1. The van der Waals surface area contributed by atoms with Crippen LogP contribution in [0.4, 0.5) is 10.1 Å². The lowest BCUT2D eigenvalue weighted by molar-refractivity contribution is -0.116. The van der Waals surface area contributed by atoms with Gasteiger partial charge in [0.25, 0.3) is 0 Å². The van der Waals surface area contributed by atoms with Crippen molar-refractivity contribution in [3.05, 3.63) is 65.5 Å². The largest absolute Gasteiger partial charge is 0.379 e. The van der Waals surface area contributed by atoms with Crippen LogP contribution in [-0.2, 0) is 22.6 Å². The van der Waals surface area contributed by atoms with Crippen molar-refractivity contribution in [2.75, 3.05) is 38.2 Å². The average molecular weight is 371 g/mol. The van der Waals surface area contributed by atoms with Crippen molar-refractivity contribution in [3.8, 4) is 0 Å². The maximum absolute atomic E-state index is 12.9. The van der Waals surface area contributed by atoms with E-state index in [4.69, 9.17) is 4.74 Å². The molecule has 0 saturated carbocycles. The van der Waals surface area contributed by atoms with E-state index in [0.29, 0.717) is 19.5 Å². The first kappa shape index (κ1) is 19.5. The first-order chi connectivity index (χ1) is 13.2. The van der Waals surface area contributed by atoms with E-state index < -0.39 is 0 Å². The number of carbonyl (C=O) groups excluding carboxylic acids is 1. The molecule has 2 aromatic carbocycles. The highest BCUT2D eigenvalue weighted by Crippen LogP contribution is 2.12. The molecule has 0 spiro atoms. The van der Waals surface area contributed by atoms with Crippen molar-refractivity contribution in [3.63, 3.8) is 0 Å². The molecule has 2 aromatic rings. The molecule has 1 heterocycles. The maximum Gasteiger partial charge on any atom is 0.225 e. The van der Waals surface area contributed by atoms with Gasteiger partial charge in [0.1, 0.15) is 5.82 Å². The number of anilines is 1. The summed E-state index contributed by atoms with van der Waals surface area (Å²) in [7, 11) is 0. The molecule has 0 bridgehead atoms. The Morgan fingerprint density at radius 2 is 1.78 bits per heavy atom. The van der Waals surface area contributed by atoms with Gasteiger partial charge in [-0.3, -0.25) is 9.69 Å². The van der Waals surface area contributed by atoms with Crippen molar-refractivity contribution in [1.29, 1.82) is 0 Å². The Kier molecular flexibility index (Phi) is 7.33. The zero-order chi connectivity index (χ0) is 18.9. The zero-order valence-corrected chi connectivity index (χ0v) is 15.4. The maximum atomic E-state index is 12.9. The molecule has 1 amide bonds. The smallest absolute Gasteiger partial charge is 0.225 e. The van der Waals surface area contributed by atoms with E-state index in [0.717, 1.165) is 49.7 Å². The van der Waals surface area contributed by atoms with Crippen LogP contribution in [0.2, 0.25) is 0 Å². The molecule has 1 saturated heterocycles. The van der Waals surface area contributed by atoms with Crippen LogP contribution in [0.3, 0.4) is 0 Å². The number of nitrogens with zero attached hydrogens (tertiary/aromatic N) is 1. The van der Waals surface area contributed by atoms with Gasteiger partial charge in [-0.2, -0.15) is 0 Å². The normalized spacial score (nSPS) is 14.9. The minimum Gasteiger partial charge on any atom is -0.379 e. The molecule has 6 heteroatoms. The third-order valence-electron chi connectivity index (χ3n) is 4.54. The Morgan fingerprint density at radius 3 is 2.56 bits per heavy atom. The summed E-state index contributed by atoms with van der Waals surface area (Å²) < 4.78 is 18.2. The minimum atomic E-state index is -0.226. The van der Waals surface area contributed by atoms with Crippen LogP contribution in [0.25, 0.3) is 0 Å². The molecule has 0 unspecified atom stereocenters. The quantitative estimate of drug-likeness (QED) is 0.749. The van der Waals surface area contributed by atoms with Gasteiger partial charge < -0.3 is 15.4 Å². The third-order valence-corrected chi connectivity index (χ3v) is 4.54. The molecule has 0 radical (unpaired) electrons. The molecule has 0 aliphatic carbocycles. The molecule has 1 fully saturated rings. The lowest BCUT2D eigenvalue weighted by Gasteiger charge is -2.26. The number of amides is 1. The predicted molar refractivity (Wildman–Crippen MR) is 104 cm³/mol. The van der Waals surface area contributed by atoms with Crippen molar-refractivity contribution >= 4 is 11.6 Å². The van der Waals surface area contributed by atoms with Crippen LogP contribution in [0, 0.1) is 5.82 Å². The van der Waals surface area contributed by atoms with Gasteiger partial charge in [-0.05, 0) is 35.4 Å². The third kappa shape index (κ3) is 6.75. The van der Waals surface area contributed by atoms with E-state index in [9.17, 15) is 9.18 Å². The monoisotopic (exact) mass is 371 g/mol. The number of carbonyl (C=O) groups is 1. The van der Waals surface area contributed by atoms with Gasteiger partial charge in [-0.1, -0.05) is 24.3 Å². The van der Waals surface area contributed by atoms with Crippen LogP contribution >= 0.6 is 0 Å². The van der Waals surface area contributed by atoms with Gasteiger partial charge >= 0.3 is 0 Å². The van der Waals surface area contributed by atoms with E-state index in [2.05, 4.69) is 15.5 Å². The molecule has 0 atom stereocenters. The van der Waals surface area contributed by atoms with Crippen LogP contribution in [0.1, 0.15) is 17.5 Å². The number of nitrogens with one attached hydrogen (secondary N) is 2. The topological polar surface area (TPSA) is 53.6 Å². The molecule has 5 nitrogen and oxygen atoms in total. The van der Waals surface area contributed by atoms with Crippen molar-refractivity contribution in [1.82, 2.24) is 10.2 Å². The second kappa shape index (κ2) is 10.2. The first-order valence-corrected chi connectivity index (χ1v) is 9.33. The molecule has 0 aromatic heterocycles. The molecular weight excluding hydrogens is 345 g/mol. The van der Waals surface area contributed by atoms with Crippen LogP contribution in [0.5, 0.6) is 0 Å². The summed E-state index contributed by atoms with van der Waals surface area (Å²) in [5, 5.41) is 6.30. The summed E-state index contributed by atoms with van der Waals surface area (Å²) in [5.41, 5.74) is 2.93. The number of morpholine rings is 1. The summed E-state index contributed by atoms with van der Waals surface area (Å²) in [6.45, 7) is 5.37. The highest BCUT2D eigenvalue weighted by Gasteiger charge is 2.12. The van der Waals surface area contributed by atoms with Gasteiger partial charge in [0.15, 0.2) is 0 Å². The molecule has 27 heavy (non-hydrogen) atoms. The van der Waals surface area contributed by atoms with E-state index in [1.807, 2.05) is 24.3 Å². The number of ether oxygens (including phenoxy) is 1. The van der Waals surface area contributed by atoms with Crippen molar-refractivity contribution in [2.24, 2.45) is 0 Å². The fraction of sp³-hybridized carbons (Fsp3) is 0.381. The van der Waals surface area contributed by atoms with Gasteiger partial charge in [0.05, 0.1) is 13.2 Å². The van der Waals surface area contributed by atoms with Gasteiger partial charge in [-0.25, -0.2) is 4.39 Å². The number of halogens is 1. The number of rotatable bonds is 8. The zero-order valence-electron chi connectivity index (χ0n) is 15.4. The lowest BCUT2D eigenvalue weighted by atomic mass is 10.1. The van der Waals surface area contributed by atoms with Crippen LogP contribution < -0.4 is 10.6 Å². The van der Waals surface area contributed by atoms with Gasteiger partial charge in [0.2, 0.25) is 5.91 Å². The summed E-state index contributed by atoms with van der Waals surface area (Å²) in [6, 6.07) is 14.3. The molecule has 1 aliphatic rings. The summed E-state index contributed by atoms with van der Waals surface area (Å²) in [4.78, 5) is 14.4. The summed E-state index contributed by atoms with van der Waals surface area (Å²) in [6.07, 6.45) is 0.479. The summed E-state index contributed by atoms with van der Waals surface area (Å²) >= 11 is 0. The Labute approximate surface area is 159 Å². The molecule has 144 valence electrons. The van der Waals surface area contributed by atoms with Crippen molar-refractivity contribution in [2.45, 2.75) is 19.5 Å². The molecule has 1 aliphatic heterocycles. The molecule has 2 N–H and O–H groups in total. The summed E-state index contributed by atoms with van der Waals surface area (Å²) in [5.74, 6) is -0.200. The van der Waals surface area contributed by atoms with E-state index in [1.54, 1.807) is 12.1 Å². The Balaban J connectivity index is 1.42. The van der Waals surface area contributed by atoms with Gasteiger partial charge in [0, 0.05) is 44.8 Å². The fourth-order valence-electron chi connectivity index (χ4n) is 3.02.